The second kappa shape index (κ2) is 10.7. The number of guanidine groups is 1. The molecule has 1 aromatic rings. The Kier molecular flexibility index (Phi) is 10.1. The van der Waals surface area contributed by atoms with Crippen molar-refractivity contribution < 1.29 is 4.74 Å². The minimum absolute atomic E-state index is 0. The Bertz CT molecular complexity index is 446. The molecule has 0 unspecified atom stereocenters. The smallest absolute Gasteiger partial charge is 0.193 e. The van der Waals surface area contributed by atoms with Gasteiger partial charge in [-0.1, -0.05) is 31.2 Å². The van der Waals surface area contributed by atoms with E-state index in [1.54, 1.807) is 0 Å². The highest BCUT2D eigenvalue weighted by atomic mass is 127. The van der Waals surface area contributed by atoms with Crippen molar-refractivity contribution in [3.8, 4) is 0 Å². The first-order valence-electron chi connectivity index (χ1n) is 6.49. The largest absolute Gasteiger partial charge is 0.375 e. The maximum atomic E-state index is 5.81. The molecule has 1 aromatic carbocycles. The van der Waals surface area contributed by atoms with Crippen LogP contribution in [0.3, 0.4) is 0 Å². The average molecular weight is 389 g/mol. The molecular formula is C15H24IN3O. The van der Waals surface area contributed by atoms with E-state index >= 15 is 0 Å². The van der Waals surface area contributed by atoms with Crippen LogP contribution in [0.5, 0.6) is 0 Å². The molecule has 5 heteroatoms. The molecule has 0 fully saturated rings. The van der Waals surface area contributed by atoms with Crippen molar-refractivity contribution in [3.63, 3.8) is 0 Å². The summed E-state index contributed by atoms with van der Waals surface area (Å²) in [6, 6.07) is 8.13. The Balaban J connectivity index is 0.00000361. The SMILES string of the molecule is C=C(C)COCCN=C(N)Nc1cccc(CC)c1.I. The number of aliphatic imine (C=N–C) groups is 1. The fourth-order valence-corrected chi connectivity index (χ4v) is 1.53. The monoisotopic (exact) mass is 389 g/mol. The lowest BCUT2D eigenvalue weighted by Crippen LogP contribution is -2.23. The van der Waals surface area contributed by atoms with E-state index in [0.717, 1.165) is 17.7 Å². The Morgan fingerprint density at radius 2 is 2.20 bits per heavy atom. The van der Waals surface area contributed by atoms with E-state index in [1.165, 1.54) is 5.56 Å². The Labute approximate surface area is 138 Å². The lowest BCUT2D eigenvalue weighted by atomic mass is 10.1. The lowest BCUT2D eigenvalue weighted by Gasteiger charge is -2.07. The van der Waals surface area contributed by atoms with Gasteiger partial charge < -0.3 is 15.8 Å². The molecule has 0 heterocycles. The fourth-order valence-electron chi connectivity index (χ4n) is 1.53. The minimum atomic E-state index is 0. The molecule has 0 spiro atoms. The summed E-state index contributed by atoms with van der Waals surface area (Å²) in [6.07, 6.45) is 1.00. The van der Waals surface area contributed by atoms with E-state index in [2.05, 4.69) is 35.9 Å². The van der Waals surface area contributed by atoms with Gasteiger partial charge in [0.25, 0.3) is 0 Å². The summed E-state index contributed by atoms with van der Waals surface area (Å²) in [5.74, 6) is 0.409. The van der Waals surface area contributed by atoms with E-state index in [9.17, 15) is 0 Å². The lowest BCUT2D eigenvalue weighted by molar-refractivity contribution is 0.165. The van der Waals surface area contributed by atoms with Crippen LogP contribution in [-0.4, -0.2) is 25.7 Å². The summed E-state index contributed by atoms with van der Waals surface area (Å²) in [5, 5.41) is 3.07. The van der Waals surface area contributed by atoms with Crippen LogP contribution in [0, 0.1) is 0 Å². The molecule has 0 atom stereocenters. The standard InChI is InChI=1S/C15H23N3O.HI/c1-4-13-6-5-7-14(10-13)18-15(16)17-8-9-19-11-12(2)3;/h5-7,10H,2,4,8-9,11H2,1,3H3,(H3,16,17,18);1H. The van der Waals surface area contributed by atoms with Crippen molar-refractivity contribution in [3.05, 3.63) is 42.0 Å². The molecule has 1 rings (SSSR count). The molecular weight excluding hydrogens is 365 g/mol. The number of hydrogen-bond acceptors (Lipinski definition) is 2. The predicted molar refractivity (Wildman–Crippen MR) is 97.0 cm³/mol. The zero-order valence-corrected chi connectivity index (χ0v) is 14.5. The molecule has 0 aromatic heterocycles. The highest BCUT2D eigenvalue weighted by Gasteiger charge is 1.96. The summed E-state index contributed by atoms with van der Waals surface area (Å²) in [5.41, 5.74) is 9.04. The van der Waals surface area contributed by atoms with Crippen LogP contribution < -0.4 is 11.1 Å². The molecule has 112 valence electrons. The second-order valence-corrected chi connectivity index (χ2v) is 4.46. The van der Waals surface area contributed by atoms with Gasteiger partial charge in [-0.2, -0.15) is 0 Å². The Morgan fingerprint density at radius 1 is 1.45 bits per heavy atom. The van der Waals surface area contributed by atoms with Crippen LogP contribution in [0.1, 0.15) is 19.4 Å². The molecule has 0 saturated heterocycles. The van der Waals surface area contributed by atoms with E-state index in [-0.39, 0.29) is 24.0 Å². The summed E-state index contributed by atoms with van der Waals surface area (Å²) in [6.45, 7) is 9.47. The number of anilines is 1. The number of ether oxygens (including phenoxy) is 1. The van der Waals surface area contributed by atoms with Gasteiger partial charge >= 0.3 is 0 Å². The molecule has 0 radical (unpaired) electrons. The van der Waals surface area contributed by atoms with Crippen LogP contribution in [-0.2, 0) is 11.2 Å². The molecule has 0 aliphatic heterocycles. The van der Waals surface area contributed by atoms with Gasteiger partial charge in [0.2, 0.25) is 0 Å². The van der Waals surface area contributed by atoms with Gasteiger partial charge in [0, 0.05) is 5.69 Å². The van der Waals surface area contributed by atoms with Crippen molar-refractivity contribution in [1.82, 2.24) is 0 Å². The van der Waals surface area contributed by atoms with Crippen molar-refractivity contribution in [2.24, 2.45) is 10.7 Å². The van der Waals surface area contributed by atoms with E-state index in [0.29, 0.717) is 25.7 Å². The minimum Gasteiger partial charge on any atom is -0.375 e. The topological polar surface area (TPSA) is 59.6 Å². The third-order valence-corrected chi connectivity index (χ3v) is 2.47. The van der Waals surface area contributed by atoms with Gasteiger partial charge in [0.05, 0.1) is 19.8 Å². The van der Waals surface area contributed by atoms with Gasteiger partial charge in [-0.05, 0) is 31.0 Å². The van der Waals surface area contributed by atoms with E-state index in [4.69, 9.17) is 10.5 Å². The average Bonchev–Trinajstić information content (AvgIpc) is 2.38. The second-order valence-electron chi connectivity index (χ2n) is 4.46. The van der Waals surface area contributed by atoms with Crippen molar-refractivity contribution in [2.45, 2.75) is 20.3 Å². The van der Waals surface area contributed by atoms with E-state index < -0.39 is 0 Å². The first-order chi connectivity index (χ1) is 9.11. The van der Waals surface area contributed by atoms with Crippen molar-refractivity contribution >= 4 is 35.6 Å². The highest BCUT2D eigenvalue weighted by molar-refractivity contribution is 14.0. The number of nitrogens with zero attached hydrogens (tertiary/aromatic N) is 1. The predicted octanol–water partition coefficient (Wildman–Crippen LogP) is 3.19. The maximum Gasteiger partial charge on any atom is 0.193 e. The third kappa shape index (κ3) is 8.16. The molecule has 0 aliphatic rings. The van der Waals surface area contributed by atoms with Crippen LogP contribution in [0.25, 0.3) is 0 Å². The first-order valence-corrected chi connectivity index (χ1v) is 6.49. The number of rotatable bonds is 7. The quantitative estimate of drug-likeness (QED) is 0.248. The highest BCUT2D eigenvalue weighted by Crippen LogP contribution is 2.10. The van der Waals surface area contributed by atoms with E-state index in [1.807, 2.05) is 19.1 Å². The van der Waals surface area contributed by atoms with Crippen LogP contribution >= 0.6 is 24.0 Å². The molecule has 0 aliphatic carbocycles. The zero-order chi connectivity index (χ0) is 14.1. The van der Waals surface area contributed by atoms with Crippen molar-refractivity contribution in [2.75, 3.05) is 25.1 Å². The number of nitrogens with two attached hydrogens (primary N) is 1. The number of nitrogens with one attached hydrogen (secondary N) is 1. The number of hydrogen-bond donors (Lipinski definition) is 2. The normalized spacial score (nSPS) is 10.8. The van der Waals surface area contributed by atoms with Crippen LogP contribution in [0.4, 0.5) is 5.69 Å². The summed E-state index contributed by atoms with van der Waals surface area (Å²) in [7, 11) is 0. The van der Waals surface area contributed by atoms with Crippen LogP contribution in [0.2, 0.25) is 0 Å². The first kappa shape index (κ1) is 18.9. The molecule has 0 amide bonds. The number of benzene rings is 1. The number of halogens is 1. The summed E-state index contributed by atoms with van der Waals surface area (Å²) < 4.78 is 5.34. The maximum absolute atomic E-state index is 5.81. The summed E-state index contributed by atoms with van der Waals surface area (Å²) >= 11 is 0. The van der Waals surface area contributed by atoms with Gasteiger partial charge in [-0.15, -0.1) is 24.0 Å². The molecule has 3 N–H and O–H groups in total. The Hall–Kier alpha value is -1.08. The van der Waals surface area contributed by atoms with Gasteiger partial charge in [0.1, 0.15) is 0 Å². The van der Waals surface area contributed by atoms with Gasteiger partial charge in [-0.3, -0.25) is 4.99 Å². The summed E-state index contributed by atoms with van der Waals surface area (Å²) in [4.78, 5) is 4.20. The van der Waals surface area contributed by atoms with Crippen molar-refractivity contribution in [1.29, 1.82) is 0 Å². The molecule has 20 heavy (non-hydrogen) atoms. The number of aryl methyl sites for hydroxylation is 1. The van der Waals surface area contributed by atoms with Crippen LogP contribution in [0.15, 0.2) is 41.4 Å². The third-order valence-electron chi connectivity index (χ3n) is 2.47. The molecule has 4 nitrogen and oxygen atoms in total. The zero-order valence-electron chi connectivity index (χ0n) is 12.2. The molecule has 0 saturated carbocycles. The van der Waals surface area contributed by atoms with Gasteiger partial charge in [-0.25, -0.2) is 0 Å². The fraction of sp³-hybridized carbons (Fsp3) is 0.400. The Morgan fingerprint density at radius 3 is 2.85 bits per heavy atom. The van der Waals surface area contributed by atoms with Gasteiger partial charge in [0.15, 0.2) is 5.96 Å². The molecule has 0 bridgehead atoms.